The van der Waals surface area contributed by atoms with Gasteiger partial charge in [-0.15, -0.1) is 35.3 Å². The number of aromatic nitrogens is 1. The van der Waals surface area contributed by atoms with E-state index in [2.05, 4.69) is 38.1 Å². The highest BCUT2D eigenvalue weighted by Crippen LogP contribution is 2.07. The molecule has 0 bridgehead atoms. The predicted octanol–water partition coefficient (Wildman–Crippen LogP) is 2.71. The average molecular weight is 416 g/mol. The van der Waals surface area contributed by atoms with E-state index in [9.17, 15) is 0 Å². The second kappa shape index (κ2) is 10.6. The molecule has 0 unspecified atom stereocenters. The van der Waals surface area contributed by atoms with Crippen LogP contribution in [0, 0.1) is 0 Å². The van der Waals surface area contributed by atoms with Crippen LogP contribution < -0.4 is 10.6 Å². The number of pyridine rings is 1. The number of nitrogens with one attached hydrogen (secondary N) is 2. The highest BCUT2D eigenvalue weighted by molar-refractivity contribution is 14.0. The van der Waals surface area contributed by atoms with Crippen LogP contribution in [-0.2, 0) is 12.8 Å². The van der Waals surface area contributed by atoms with E-state index in [1.165, 1.54) is 4.88 Å². The highest BCUT2D eigenvalue weighted by atomic mass is 127. The molecule has 0 atom stereocenters. The smallest absolute Gasteiger partial charge is 0.191 e. The van der Waals surface area contributed by atoms with Gasteiger partial charge in [-0.1, -0.05) is 12.1 Å². The van der Waals surface area contributed by atoms with Crippen LogP contribution in [0.25, 0.3) is 0 Å². The van der Waals surface area contributed by atoms with Gasteiger partial charge in [0.25, 0.3) is 0 Å². The molecule has 0 spiro atoms. The number of halogens is 1. The minimum atomic E-state index is 0. The van der Waals surface area contributed by atoms with E-state index in [4.69, 9.17) is 0 Å². The Kier molecular flexibility index (Phi) is 9.00. The van der Waals surface area contributed by atoms with E-state index in [-0.39, 0.29) is 24.0 Å². The summed E-state index contributed by atoms with van der Waals surface area (Å²) in [6.07, 6.45) is 3.74. The van der Waals surface area contributed by atoms with Gasteiger partial charge in [0.1, 0.15) is 0 Å². The largest absolute Gasteiger partial charge is 0.356 e. The topological polar surface area (TPSA) is 49.3 Å². The number of nitrogens with zero attached hydrogens (tertiary/aromatic N) is 2. The standard InChI is InChI=1S/C15H20N4S.HI/c1-16-15(19-11-8-14-6-4-12-20-14)18-10-7-13-5-2-3-9-17-13;/h2-6,9,12H,7-8,10-11H2,1H3,(H2,16,18,19);1H. The molecule has 4 nitrogen and oxygen atoms in total. The summed E-state index contributed by atoms with van der Waals surface area (Å²) in [5.74, 6) is 0.845. The number of aliphatic imine (C=N–C) groups is 1. The lowest BCUT2D eigenvalue weighted by Crippen LogP contribution is -2.39. The molecule has 0 saturated carbocycles. The second-order valence-electron chi connectivity index (χ2n) is 4.33. The van der Waals surface area contributed by atoms with Crippen molar-refractivity contribution < 1.29 is 0 Å². The molecule has 114 valence electrons. The highest BCUT2D eigenvalue weighted by Gasteiger charge is 1.99. The van der Waals surface area contributed by atoms with Crippen LogP contribution in [0.3, 0.4) is 0 Å². The molecular formula is C15H21IN4S. The number of thiophene rings is 1. The van der Waals surface area contributed by atoms with Crippen LogP contribution >= 0.6 is 35.3 Å². The van der Waals surface area contributed by atoms with Crippen LogP contribution in [0.5, 0.6) is 0 Å². The summed E-state index contributed by atoms with van der Waals surface area (Å²) in [7, 11) is 1.79. The molecule has 0 aliphatic carbocycles. The Balaban J connectivity index is 0.00000220. The Labute approximate surface area is 147 Å². The van der Waals surface area contributed by atoms with Crippen molar-refractivity contribution in [2.24, 2.45) is 4.99 Å². The maximum Gasteiger partial charge on any atom is 0.191 e. The Morgan fingerprint density at radius 1 is 1.14 bits per heavy atom. The molecular weight excluding hydrogens is 395 g/mol. The summed E-state index contributed by atoms with van der Waals surface area (Å²) < 4.78 is 0. The van der Waals surface area contributed by atoms with Gasteiger partial charge in [-0.2, -0.15) is 0 Å². The van der Waals surface area contributed by atoms with E-state index in [0.29, 0.717) is 0 Å². The van der Waals surface area contributed by atoms with Crippen molar-refractivity contribution in [2.75, 3.05) is 20.1 Å². The van der Waals surface area contributed by atoms with Crippen molar-refractivity contribution in [1.82, 2.24) is 15.6 Å². The van der Waals surface area contributed by atoms with Gasteiger partial charge >= 0.3 is 0 Å². The molecule has 0 aliphatic heterocycles. The Hall–Kier alpha value is -1.15. The van der Waals surface area contributed by atoms with Crippen molar-refractivity contribution in [3.63, 3.8) is 0 Å². The zero-order valence-corrected chi connectivity index (χ0v) is 15.2. The maximum absolute atomic E-state index is 4.30. The first-order chi connectivity index (χ1) is 9.88. The first-order valence-corrected chi connectivity index (χ1v) is 7.63. The lowest BCUT2D eigenvalue weighted by Gasteiger charge is -2.11. The lowest BCUT2D eigenvalue weighted by molar-refractivity contribution is 0.779. The quantitative estimate of drug-likeness (QED) is 0.433. The number of guanidine groups is 1. The van der Waals surface area contributed by atoms with Crippen molar-refractivity contribution in [3.05, 3.63) is 52.5 Å². The predicted molar refractivity (Wildman–Crippen MR) is 101 cm³/mol. The molecule has 2 aromatic rings. The molecule has 2 N–H and O–H groups in total. The molecule has 0 aromatic carbocycles. The number of hydrogen-bond acceptors (Lipinski definition) is 3. The molecule has 0 amide bonds. The van der Waals surface area contributed by atoms with Crippen LogP contribution in [0.1, 0.15) is 10.6 Å². The molecule has 0 radical (unpaired) electrons. The van der Waals surface area contributed by atoms with Gasteiger partial charge in [0.15, 0.2) is 5.96 Å². The summed E-state index contributed by atoms with van der Waals surface area (Å²) in [6, 6.07) is 10.2. The van der Waals surface area contributed by atoms with E-state index in [1.54, 1.807) is 18.4 Å². The second-order valence-corrected chi connectivity index (χ2v) is 5.36. The van der Waals surface area contributed by atoms with Gasteiger partial charge in [-0.25, -0.2) is 0 Å². The zero-order chi connectivity index (χ0) is 14.0. The van der Waals surface area contributed by atoms with E-state index < -0.39 is 0 Å². The van der Waals surface area contributed by atoms with Crippen LogP contribution in [-0.4, -0.2) is 31.1 Å². The van der Waals surface area contributed by atoms with Gasteiger partial charge < -0.3 is 10.6 Å². The maximum atomic E-state index is 4.30. The van der Waals surface area contributed by atoms with E-state index in [0.717, 1.165) is 37.6 Å². The Morgan fingerprint density at radius 2 is 1.95 bits per heavy atom. The van der Waals surface area contributed by atoms with Crippen molar-refractivity contribution in [3.8, 4) is 0 Å². The molecule has 0 saturated heterocycles. The third-order valence-corrected chi connectivity index (χ3v) is 3.80. The van der Waals surface area contributed by atoms with Gasteiger partial charge in [0.05, 0.1) is 0 Å². The summed E-state index contributed by atoms with van der Waals surface area (Å²) in [6.45, 7) is 1.72. The Morgan fingerprint density at radius 3 is 2.57 bits per heavy atom. The normalized spacial score (nSPS) is 10.8. The zero-order valence-electron chi connectivity index (χ0n) is 12.1. The van der Waals surface area contributed by atoms with Crippen molar-refractivity contribution in [2.45, 2.75) is 12.8 Å². The van der Waals surface area contributed by atoms with Crippen LogP contribution in [0.2, 0.25) is 0 Å². The summed E-state index contributed by atoms with van der Waals surface area (Å²) in [4.78, 5) is 9.90. The fraction of sp³-hybridized carbons (Fsp3) is 0.333. The summed E-state index contributed by atoms with van der Waals surface area (Å²) >= 11 is 1.79. The minimum Gasteiger partial charge on any atom is -0.356 e. The molecule has 2 aromatic heterocycles. The van der Waals surface area contributed by atoms with Crippen molar-refractivity contribution in [1.29, 1.82) is 0 Å². The number of rotatable bonds is 6. The van der Waals surface area contributed by atoms with Gasteiger partial charge in [0.2, 0.25) is 0 Å². The number of hydrogen-bond donors (Lipinski definition) is 2. The first-order valence-electron chi connectivity index (χ1n) is 6.75. The SMILES string of the molecule is CN=C(NCCc1ccccn1)NCCc1cccs1.I. The first kappa shape index (κ1) is 17.9. The van der Waals surface area contributed by atoms with Crippen LogP contribution in [0.15, 0.2) is 46.9 Å². The molecule has 0 aliphatic rings. The molecule has 21 heavy (non-hydrogen) atoms. The average Bonchev–Trinajstić information content (AvgIpc) is 3.00. The third kappa shape index (κ3) is 6.90. The molecule has 2 rings (SSSR count). The third-order valence-electron chi connectivity index (χ3n) is 2.87. The monoisotopic (exact) mass is 416 g/mol. The molecule has 0 fully saturated rings. The van der Waals surface area contributed by atoms with E-state index in [1.807, 2.05) is 24.4 Å². The van der Waals surface area contributed by atoms with Crippen molar-refractivity contribution >= 4 is 41.3 Å². The lowest BCUT2D eigenvalue weighted by atomic mass is 10.3. The summed E-state index contributed by atoms with van der Waals surface area (Å²) in [5.41, 5.74) is 1.09. The van der Waals surface area contributed by atoms with Gasteiger partial charge in [-0.05, 0) is 30.0 Å². The van der Waals surface area contributed by atoms with Gasteiger partial charge in [-0.3, -0.25) is 9.98 Å². The summed E-state index contributed by atoms with van der Waals surface area (Å²) in [5, 5.41) is 8.73. The van der Waals surface area contributed by atoms with Crippen LogP contribution in [0.4, 0.5) is 0 Å². The minimum absolute atomic E-state index is 0. The fourth-order valence-corrected chi connectivity index (χ4v) is 2.54. The Bertz CT molecular complexity index is 514. The fourth-order valence-electron chi connectivity index (χ4n) is 1.83. The van der Waals surface area contributed by atoms with Gasteiger partial charge in [0, 0.05) is 43.3 Å². The molecule has 2 heterocycles. The molecule has 6 heteroatoms. The van der Waals surface area contributed by atoms with E-state index >= 15 is 0 Å².